The maximum absolute atomic E-state index is 9.65. The summed E-state index contributed by atoms with van der Waals surface area (Å²) in [5.41, 5.74) is 2.61. The van der Waals surface area contributed by atoms with Gasteiger partial charge in [-0.15, -0.1) is 0 Å². The molecule has 0 bridgehead atoms. The van der Waals surface area contributed by atoms with Gasteiger partial charge < -0.3 is 10.4 Å². The van der Waals surface area contributed by atoms with Gasteiger partial charge in [-0.2, -0.15) is 11.8 Å². The van der Waals surface area contributed by atoms with Crippen molar-refractivity contribution in [2.24, 2.45) is 0 Å². The quantitative estimate of drug-likeness (QED) is 0.824. The number of aliphatic hydroxyl groups is 1. The Balaban J connectivity index is 1.92. The normalized spacial score (nSPS) is 18.8. The minimum Gasteiger partial charge on any atom is -0.393 e. The number of nitrogens with zero attached hydrogens (tertiary/aromatic N) is 1. The molecule has 1 unspecified atom stereocenters. The van der Waals surface area contributed by atoms with Gasteiger partial charge in [0.15, 0.2) is 0 Å². The van der Waals surface area contributed by atoms with Crippen LogP contribution in [0.3, 0.4) is 0 Å². The lowest BCUT2D eigenvalue weighted by atomic mass is 10.1. The highest BCUT2D eigenvalue weighted by molar-refractivity contribution is 8.00. The van der Waals surface area contributed by atoms with Crippen molar-refractivity contribution in [3.05, 3.63) is 29.8 Å². The number of hydrogen-bond donors (Lipinski definition) is 2. The Morgan fingerprint density at radius 3 is 2.57 bits per heavy atom. The number of nitrogens with one attached hydrogen (secondary N) is 1. The molecule has 1 aliphatic rings. The van der Waals surface area contributed by atoms with E-state index in [2.05, 4.69) is 62.2 Å². The lowest BCUT2D eigenvalue weighted by Crippen LogP contribution is -2.35. The van der Waals surface area contributed by atoms with Crippen LogP contribution in [0.15, 0.2) is 24.3 Å². The molecular formula is C19H32N2OS. The van der Waals surface area contributed by atoms with Gasteiger partial charge in [0.2, 0.25) is 0 Å². The van der Waals surface area contributed by atoms with Crippen LogP contribution in [0.1, 0.15) is 46.1 Å². The molecule has 1 aromatic carbocycles. The average molecular weight is 337 g/mol. The van der Waals surface area contributed by atoms with Crippen LogP contribution < -0.4 is 5.32 Å². The molecular weight excluding hydrogens is 304 g/mol. The van der Waals surface area contributed by atoms with Crippen molar-refractivity contribution in [2.75, 3.05) is 24.2 Å². The van der Waals surface area contributed by atoms with Gasteiger partial charge in [-0.05, 0) is 31.4 Å². The van der Waals surface area contributed by atoms with Crippen LogP contribution in [-0.2, 0) is 6.54 Å². The molecule has 3 nitrogen and oxygen atoms in total. The fourth-order valence-corrected chi connectivity index (χ4v) is 3.63. The first-order valence-corrected chi connectivity index (χ1v) is 9.71. The van der Waals surface area contributed by atoms with Crippen molar-refractivity contribution in [2.45, 2.75) is 64.0 Å². The maximum atomic E-state index is 9.65. The molecule has 23 heavy (non-hydrogen) atoms. The molecule has 1 saturated heterocycles. The molecule has 2 rings (SSSR count). The van der Waals surface area contributed by atoms with Crippen LogP contribution in [0.2, 0.25) is 0 Å². The van der Waals surface area contributed by atoms with Gasteiger partial charge in [0.25, 0.3) is 0 Å². The standard InChI is InChI=1S/C19H32N2OS/c1-15(14-23-19(2,3)4)20-18-8-6-5-7-16(18)13-21-11-9-17(22)10-12-21/h5-8,15,17,20,22H,9-14H2,1-4H3. The second-order valence-electron chi connectivity index (χ2n) is 7.63. The lowest BCUT2D eigenvalue weighted by molar-refractivity contribution is 0.0793. The van der Waals surface area contributed by atoms with Crippen LogP contribution in [-0.4, -0.2) is 45.7 Å². The van der Waals surface area contributed by atoms with E-state index in [0.717, 1.165) is 38.2 Å². The summed E-state index contributed by atoms with van der Waals surface area (Å²) in [6.07, 6.45) is 1.69. The molecule has 0 amide bonds. The van der Waals surface area contributed by atoms with E-state index < -0.39 is 0 Å². The van der Waals surface area contributed by atoms with E-state index in [9.17, 15) is 5.11 Å². The third-order valence-corrected chi connectivity index (χ3v) is 5.67. The van der Waals surface area contributed by atoms with Crippen molar-refractivity contribution >= 4 is 17.4 Å². The van der Waals surface area contributed by atoms with Crippen molar-refractivity contribution in [3.63, 3.8) is 0 Å². The van der Waals surface area contributed by atoms with E-state index in [-0.39, 0.29) is 6.10 Å². The number of para-hydroxylation sites is 1. The summed E-state index contributed by atoms with van der Waals surface area (Å²) in [5.74, 6) is 1.10. The summed E-state index contributed by atoms with van der Waals surface area (Å²) in [4.78, 5) is 2.45. The molecule has 1 heterocycles. The minimum absolute atomic E-state index is 0.103. The van der Waals surface area contributed by atoms with E-state index in [1.54, 1.807) is 0 Å². The molecule has 130 valence electrons. The molecule has 1 aliphatic heterocycles. The molecule has 0 saturated carbocycles. The predicted octanol–water partition coefficient (Wildman–Crippen LogP) is 3.98. The summed E-state index contributed by atoms with van der Waals surface area (Å²) < 4.78 is 0.310. The van der Waals surface area contributed by atoms with Crippen LogP contribution in [0.5, 0.6) is 0 Å². The van der Waals surface area contributed by atoms with Gasteiger partial charge in [0.05, 0.1) is 6.10 Å². The van der Waals surface area contributed by atoms with Gasteiger partial charge in [-0.25, -0.2) is 0 Å². The first-order chi connectivity index (χ1) is 10.8. The summed E-state index contributed by atoms with van der Waals surface area (Å²) in [7, 11) is 0. The van der Waals surface area contributed by atoms with E-state index in [1.165, 1.54) is 11.3 Å². The molecule has 1 aromatic rings. The SMILES string of the molecule is CC(CSC(C)(C)C)Nc1ccccc1CN1CCC(O)CC1. The molecule has 0 radical (unpaired) electrons. The van der Waals surface area contributed by atoms with Crippen molar-refractivity contribution in [1.82, 2.24) is 4.90 Å². The van der Waals surface area contributed by atoms with E-state index in [0.29, 0.717) is 10.8 Å². The monoisotopic (exact) mass is 336 g/mol. The Morgan fingerprint density at radius 2 is 1.91 bits per heavy atom. The van der Waals surface area contributed by atoms with Crippen molar-refractivity contribution in [3.8, 4) is 0 Å². The Morgan fingerprint density at radius 1 is 1.26 bits per heavy atom. The zero-order chi connectivity index (χ0) is 16.9. The number of anilines is 1. The first kappa shape index (κ1) is 18.6. The van der Waals surface area contributed by atoms with Gasteiger partial charge >= 0.3 is 0 Å². The Hall–Kier alpha value is -0.710. The smallest absolute Gasteiger partial charge is 0.0564 e. The van der Waals surface area contributed by atoms with Gasteiger partial charge in [-0.3, -0.25) is 4.90 Å². The second kappa shape index (κ2) is 8.41. The highest BCUT2D eigenvalue weighted by atomic mass is 32.2. The molecule has 0 aliphatic carbocycles. The third-order valence-electron chi connectivity index (χ3n) is 4.14. The Labute approximate surface area is 145 Å². The number of thioether (sulfide) groups is 1. The minimum atomic E-state index is -0.103. The molecule has 2 N–H and O–H groups in total. The number of aliphatic hydroxyl groups excluding tert-OH is 1. The molecule has 1 atom stereocenters. The average Bonchev–Trinajstić information content (AvgIpc) is 2.49. The summed E-state index contributed by atoms with van der Waals surface area (Å²) >= 11 is 2.00. The second-order valence-corrected chi connectivity index (χ2v) is 9.48. The molecule has 0 aromatic heterocycles. The number of hydrogen-bond acceptors (Lipinski definition) is 4. The van der Waals surface area contributed by atoms with Gasteiger partial charge in [-0.1, -0.05) is 39.0 Å². The van der Waals surface area contributed by atoms with Gasteiger partial charge in [0.1, 0.15) is 0 Å². The highest BCUT2D eigenvalue weighted by Gasteiger charge is 2.18. The van der Waals surface area contributed by atoms with Crippen molar-refractivity contribution < 1.29 is 5.11 Å². The zero-order valence-corrected chi connectivity index (χ0v) is 15.8. The third kappa shape index (κ3) is 6.74. The number of piperidine rings is 1. The van der Waals surface area contributed by atoms with E-state index in [4.69, 9.17) is 0 Å². The molecule has 0 spiro atoms. The van der Waals surface area contributed by atoms with Crippen LogP contribution >= 0.6 is 11.8 Å². The maximum Gasteiger partial charge on any atom is 0.0564 e. The fourth-order valence-electron chi connectivity index (χ4n) is 2.80. The highest BCUT2D eigenvalue weighted by Crippen LogP contribution is 2.26. The lowest BCUT2D eigenvalue weighted by Gasteiger charge is -2.30. The van der Waals surface area contributed by atoms with E-state index in [1.807, 2.05) is 11.8 Å². The molecule has 4 heteroatoms. The predicted molar refractivity (Wildman–Crippen MR) is 102 cm³/mol. The molecule has 1 fully saturated rings. The van der Waals surface area contributed by atoms with Gasteiger partial charge in [0, 0.05) is 41.9 Å². The number of likely N-dealkylation sites (tertiary alicyclic amines) is 1. The zero-order valence-electron chi connectivity index (χ0n) is 15.0. The van der Waals surface area contributed by atoms with Crippen LogP contribution in [0.25, 0.3) is 0 Å². The van der Waals surface area contributed by atoms with Crippen molar-refractivity contribution in [1.29, 1.82) is 0 Å². The summed E-state index contributed by atoms with van der Waals surface area (Å²) in [6, 6.07) is 9.08. The fraction of sp³-hybridized carbons (Fsp3) is 0.684. The van der Waals surface area contributed by atoms with Crippen LogP contribution in [0, 0.1) is 0 Å². The number of rotatable bonds is 6. The Bertz CT molecular complexity index is 479. The summed E-state index contributed by atoms with van der Waals surface area (Å²) in [6.45, 7) is 12.0. The summed E-state index contributed by atoms with van der Waals surface area (Å²) in [5, 5.41) is 13.3. The Kier molecular flexibility index (Phi) is 6.81. The first-order valence-electron chi connectivity index (χ1n) is 8.72. The van der Waals surface area contributed by atoms with Crippen LogP contribution in [0.4, 0.5) is 5.69 Å². The van der Waals surface area contributed by atoms with E-state index >= 15 is 0 Å². The number of benzene rings is 1. The topological polar surface area (TPSA) is 35.5 Å². The largest absolute Gasteiger partial charge is 0.393 e.